The van der Waals surface area contributed by atoms with Gasteiger partial charge in [-0.1, -0.05) is 25.1 Å². The molecule has 0 saturated carbocycles. The van der Waals surface area contributed by atoms with Gasteiger partial charge >= 0.3 is 0 Å². The van der Waals surface area contributed by atoms with Gasteiger partial charge in [-0.25, -0.2) is 0 Å². The van der Waals surface area contributed by atoms with Gasteiger partial charge in [-0.3, -0.25) is 9.59 Å². The number of carbonyl (C=O) groups is 2. The van der Waals surface area contributed by atoms with Crippen LogP contribution in [0.5, 0.6) is 0 Å². The van der Waals surface area contributed by atoms with Gasteiger partial charge in [0.2, 0.25) is 5.91 Å². The number of para-hydroxylation sites is 1. The SMILES string of the molecule is CCc1cccc2c(C=O)cn(CC(=O)N3CCN(C)CC3)c12. The molecule has 5 nitrogen and oxygen atoms in total. The summed E-state index contributed by atoms with van der Waals surface area (Å²) in [6, 6.07) is 5.99. The second-order valence-corrected chi connectivity index (χ2v) is 6.18. The Bertz CT molecular complexity index is 727. The molecule has 1 aliphatic heterocycles. The van der Waals surface area contributed by atoms with Crippen molar-refractivity contribution in [2.24, 2.45) is 0 Å². The number of benzene rings is 1. The minimum atomic E-state index is 0.123. The average Bonchev–Trinajstić information content (AvgIpc) is 2.93. The number of fused-ring (bicyclic) bond motifs is 1. The third-order valence-corrected chi connectivity index (χ3v) is 4.68. The fourth-order valence-electron chi connectivity index (χ4n) is 3.27. The fraction of sp³-hybridized carbons (Fsp3) is 0.444. The first-order chi connectivity index (χ1) is 11.1. The van der Waals surface area contributed by atoms with Crippen LogP contribution in [0, 0.1) is 0 Å². The molecule has 0 unspecified atom stereocenters. The summed E-state index contributed by atoms with van der Waals surface area (Å²) in [5, 5.41) is 0.936. The minimum Gasteiger partial charge on any atom is -0.339 e. The highest BCUT2D eigenvalue weighted by atomic mass is 16.2. The Morgan fingerprint density at radius 2 is 1.96 bits per heavy atom. The first-order valence-corrected chi connectivity index (χ1v) is 8.16. The molecule has 0 aliphatic carbocycles. The van der Waals surface area contributed by atoms with E-state index in [0.29, 0.717) is 12.1 Å². The fourth-order valence-corrected chi connectivity index (χ4v) is 3.27. The van der Waals surface area contributed by atoms with Crippen molar-refractivity contribution < 1.29 is 9.59 Å². The Morgan fingerprint density at radius 3 is 2.61 bits per heavy atom. The second kappa shape index (κ2) is 6.54. The van der Waals surface area contributed by atoms with Gasteiger partial charge in [-0.15, -0.1) is 0 Å². The molecule has 1 amide bonds. The predicted molar refractivity (Wildman–Crippen MR) is 90.8 cm³/mol. The number of aromatic nitrogens is 1. The molecule has 0 N–H and O–H groups in total. The zero-order valence-electron chi connectivity index (χ0n) is 13.8. The van der Waals surface area contributed by atoms with E-state index in [1.807, 2.05) is 27.8 Å². The van der Waals surface area contributed by atoms with Crippen LogP contribution in [0.3, 0.4) is 0 Å². The van der Waals surface area contributed by atoms with Crippen molar-refractivity contribution in [3.63, 3.8) is 0 Å². The van der Waals surface area contributed by atoms with Crippen molar-refractivity contribution in [2.45, 2.75) is 19.9 Å². The van der Waals surface area contributed by atoms with Crippen molar-refractivity contribution >= 4 is 23.1 Å². The molecule has 0 spiro atoms. The lowest BCUT2D eigenvalue weighted by Crippen LogP contribution is -2.48. The lowest BCUT2D eigenvalue weighted by Gasteiger charge is -2.32. The second-order valence-electron chi connectivity index (χ2n) is 6.18. The van der Waals surface area contributed by atoms with E-state index in [0.717, 1.165) is 49.8 Å². The van der Waals surface area contributed by atoms with Crippen molar-refractivity contribution in [2.75, 3.05) is 33.2 Å². The molecule has 1 aromatic carbocycles. The van der Waals surface area contributed by atoms with E-state index in [9.17, 15) is 9.59 Å². The number of carbonyl (C=O) groups excluding carboxylic acids is 2. The van der Waals surface area contributed by atoms with Gasteiger partial charge in [0.1, 0.15) is 6.54 Å². The first kappa shape index (κ1) is 15.7. The van der Waals surface area contributed by atoms with Crippen LogP contribution in [-0.2, 0) is 17.8 Å². The van der Waals surface area contributed by atoms with Crippen LogP contribution in [0.25, 0.3) is 10.9 Å². The molecule has 0 bridgehead atoms. The Labute approximate surface area is 136 Å². The molecule has 23 heavy (non-hydrogen) atoms. The van der Waals surface area contributed by atoms with Gasteiger partial charge in [-0.2, -0.15) is 0 Å². The average molecular weight is 313 g/mol. The maximum atomic E-state index is 12.6. The van der Waals surface area contributed by atoms with Gasteiger partial charge in [0.25, 0.3) is 0 Å². The topological polar surface area (TPSA) is 45.6 Å². The number of hydrogen-bond acceptors (Lipinski definition) is 3. The highest BCUT2D eigenvalue weighted by Crippen LogP contribution is 2.24. The summed E-state index contributed by atoms with van der Waals surface area (Å²) in [4.78, 5) is 28.1. The maximum Gasteiger partial charge on any atom is 0.242 e. The van der Waals surface area contributed by atoms with E-state index in [1.165, 1.54) is 5.56 Å². The lowest BCUT2D eigenvalue weighted by molar-refractivity contribution is -0.133. The molecule has 5 heteroatoms. The van der Waals surface area contributed by atoms with Gasteiger partial charge < -0.3 is 14.4 Å². The number of rotatable bonds is 4. The van der Waals surface area contributed by atoms with Crippen LogP contribution in [0.1, 0.15) is 22.8 Å². The monoisotopic (exact) mass is 313 g/mol. The molecule has 1 saturated heterocycles. The van der Waals surface area contributed by atoms with Crippen LogP contribution < -0.4 is 0 Å². The predicted octanol–water partition coefficient (Wildman–Crippen LogP) is 1.79. The number of amides is 1. The normalized spacial score (nSPS) is 16.0. The van der Waals surface area contributed by atoms with Crippen molar-refractivity contribution in [3.05, 3.63) is 35.5 Å². The molecular formula is C18H23N3O2. The number of likely N-dealkylation sites (N-methyl/N-ethyl adjacent to an activating group) is 1. The number of nitrogens with zero attached hydrogens (tertiary/aromatic N) is 3. The quantitative estimate of drug-likeness (QED) is 0.809. The highest BCUT2D eigenvalue weighted by molar-refractivity contribution is 5.99. The summed E-state index contributed by atoms with van der Waals surface area (Å²) in [7, 11) is 2.07. The van der Waals surface area contributed by atoms with Gasteiger partial charge in [0, 0.05) is 43.3 Å². The zero-order chi connectivity index (χ0) is 16.4. The van der Waals surface area contributed by atoms with E-state index in [2.05, 4.69) is 24.9 Å². The van der Waals surface area contributed by atoms with Crippen LogP contribution >= 0.6 is 0 Å². The minimum absolute atomic E-state index is 0.123. The number of hydrogen-bond donors (Lipinski definition) is 0. The maximum absolute atomic E-state index is 12.6. The Morgan fingerprint density at radius 1 is 1.22 bits per heavy atom. The van der Waals surface area contributed by atoms with E-state index >= 15 is 0 Å². The first-order valence-electron chi connectivity index (χ1n) is 8.16. The molecular weight excluding hydrogens is 290 g/mol. The zero-order valence-corrected chi connectivity index (χ0v) is 13.8. The molecule has 2 aromatic rings. The lowest BCUT2D eigenvalue weighted by atomic mass is 10.1. The van der Waals surface area contributed by atoms with E-state index < -0.39 is 0 Å². The molecule has 0 radical (unpaired) electrons. The Balaban J connectivity index is 1.90. The van der Waals surface area contributed by atoms with Crippen LogP contribution in [0.2, 0.25) is 0 Å². The molecule has 0 atom stereocenters. The third kappa shape index (κ3) is 3.01. The van der Waals surface area contributed by atoms with Crippen LogP contribution in [-0.4, -0.2) is 59.8 Å². The Kier molecular flexibility index (Phi) is 4.48. The molecule has 122 valence electrons. The van der Waals surface area contributed by atoms with Crippen LogP contribution in [0.15, 0.2) is 24.4 Å². The molecule has 2 heterocycles. The van der Waals surface area contributed by atoms with E-state index in [1.54, 1.807) is 0 Å². The smallest absolute Gasteiger partial charge is 0.242 e. The molecule has 1 aliphatic rings. The summed E-state index contributed by atoms with van der Waals surface area (Å²) >= 11 is 0. The van der Waals surface area contributed by atoms with Crippen LogP contribution in [0.4, 0.5) is 0 Å². The molecule has 1 aromatic heterocycles. The van der Waals surface area contributed by atoms with Gasteiger partial charge in [0.05, 0.1) is 5.52 Å². The summed E-state index contributed by atoms with van der Waals surface area (Å²) in [5.74, 6) is 0.123. The number of aryl methyl sites for hydroxylation is 1. The largest absolute Gasteiger partial charge is 0.339 e. The summed E-state index contributed by atoms with van der Waals surface area (Å²) in [5.41, 5.74) is 2.84. The standard InChI is InChI=1S/C18H23N3O2/c1-3-14-5-4-6-16-15(13-22)11-21(18(14)16)12-17(23)20-9-7-19(2)8-10-20/h4-6,11,13H,3,7-10,12H2,1-2H3. The highest BCUT2D eigenvalue weighted by Gasteiger charge is 2.20. The van der Waals surface area contributed by atoms with Gasteiger partial charge in [-0.05, 0) is 19.0 Å². The Hall–Kier alpha value is -2.14. The summed E-state index contributed by atoms with van der Waals surface area (Å²) in [6.07, 6.45) is 3.56. The number of aldehydes is 1. The van der Waals surface area contributed by atoms with Crippen molar-refractivity contribution in [3.8, 4) is 0 Å². The number of piperazine rings is 1. The molecule has 3 rings (SSSR count). The molecule has 1 fully saturated rings. The van der Waals surface area contributed by atoms with Crippen molar-refractivity contribution in [1.29, 1.82) is 0 Å². The van der Waals surface area contributed by atoms with Gasteiger partial charge in [0.15, 0.2) is 6.29 Å². The summed E-state index contributed by atoms with van der Waals surface area (Å²) < 4.78 is 1.94. The summed E-state index contributed by atoms with van der Waals surface area (Å²) in [6.45, 7) is 5.77. The van der Waals surface area contributed by atoms with E-state index in [4.69, 9.17) is 0 Å². The van der Waals surface area contributed by atoms with E-state index in [-0.39, 0.29) is 5.91 Å². The third-order valence-electron chi connectivity index (χ3n) is 4.68. The van der Waals surface area contributed by atoms with Crippen molar-refractivity contribution in [1.82, 2.24) is 14.4 Å².